The molecule has 0 amide bonds. The van der Waals surface area contributed by atoms with Gasteiger partial charge in [-0.05, 0) is 14.0 Å². The lowest BCUT2D eigenvalue weighted by molar-refractivity contribution is 0.196. The Morgan fingerprint density at radius 1 is 1.40 bits per heavy atom. The van der Waals surface area contributed by atoms with Crippen molar-refractivity contribution in [2.24, 2.45) is 0 Å². The molecule has 2 unspecified atom stereocenters. The van der Waals surface area contributed by atoms with Crippen molar-refractivity contribution in [3.63, 3.8) is 0 Å². The molecule has 1 heterocycles. The second kappa shape index (κ2) is 6.05. The van der Waals surface area contributed by atoms with Crippen molar-refractivity contribution in [1.29, 1.82) is 0 Å². The minimum absolute atomic E-state index is 0.111. The first kappa shape index (κ1) is 12.4. The first-order valence-corrected chi connectivity index (χ1v) is 5.81. The Hall–Kier alpha value is -0.650. The molecule has 2 N–H and O–H groups in total. The molecule has 4 nitrogen and oxygen atoms in total. The standard InChI is InChI=1S/C10H17N3OS/c1-7(14)8(2)15-10-12-5-9(4-11-3)6-13-10/h5-8,11,14H,4H2,1-3H3. The van der Waals surface area contributed by atoms with Crippen LogP contribution in [0.2, 0.25) is 0 Å². The Morgan fingerprint density at radius 3 is 2.47 bits per heavy atom. The highest BCUT2D eigenvalue weighted by atomic mass is 32.2. The van der Waals surface area contributed by atoms with Crippen molar-refractivity contribution < 1.29 is 5.11 Å². The van der Waals surface area contributed by atoms with Crippen LogP contribution in [0.3, 0.4) is 0 Å². The van der Waals surface area contributed by atoms with E-state index in [0.717, 1.165) is 12.1 Å². The van der Waals surface area contributed by atoms with Crippen molar-refractivity contribution in [3.8, 4) is 0 Å². The third-order valence-electron chi connectivity index (χ3n) is 2.03. The van der Waals surface area contributed by atoms with Crippen molar-refractivity contribution in [1.82, 2.24) is 15.3 Å². The lowest BCUT2D eigenvalue weighted by atomic mass is 10.3. The Morgan fingerprint density at radius 2 is 2.00 bits per heavy atom. The quantitative estimate of drug-likeness (QED) is 0.582. The Kier molecular flexibility index (Phi) is 5.01. The van der Waals surface area contributed by atoms with Crippen molar-refractivity contribution in [2.45, 2.75) is 36.9 Å². The minimum atomic E-state index is -0.351. The maximum atomic E-state index is 9.33. The summed E-state index contributed by atoms with van der Waals surface area (Å²) < 4.78 is 0. The molecule has 0 fully saturated rings. The third-order valence-corrected chi connectivity index (χ3v) is 3.22. The van der Waals surface area contributed by atoms with Gasteiger partial charge < -0.3 is 10.4 Å². The summed E-state index contributed by atoms with van der Waals surface area (Å²) in [6, 6.07) is 0. The van der Waals surface area contributed by atoms with Crippen LogP contribution in [0, 0.1) is 0 Å². The largest absolute Gasteiger partial charge is 0.392 e. The second-order valence-electron chi connectivity index (χ2n) is 3.47. The molecule has 0 aliphatic carbocycles. The molecule has 0 saturated carbocycles. The summed E-state index contributed by atoms with van der Waals surface area (Å²) in [6.45, 7) is 4.50. The summed E-state index contributed by atoms with van der Waals surface area (Å²) in [5.41, 5.74) is 1.06. The van der Waals surface area contributed by atoms with E-state index in [1.54, 1.807) is 19.3 Å². The fourth-order valence-corrected chi connectivity index (χ4v) is 1.72. The van der Waals surface area contributed by atoms with Gasteiger partial charge in [0.2, 0.25) is 0 Å². The Labute approximate surface area is 94.5 Å². The second-order valence-corrected chi connectivity index (χ2v) is 4.81. The molecule has 1 rings (SSSR count). The number of aromatic nitrogens is 2. The zero-order valence-electron chi connectivity index (χ0n) is 9.27. The van der Waals surface area contributed by atoms with Crippen molar-refractivity contribution >= 4 is 11.8 Å². The summed E-state index contributed by atoms with van der Waals surface area (Å²) in [5.74, 6) is 0. The zero-order valence-corrected chi connectivity index (χ0v) is 10.1. The molecule has 1 aromatic rings. The number of hydrogen-bond donors (Lipinski definition) is 2. The minimum Gasteiger partial charge on any atom is -0.392 e. The number of hydrogen-bond acceptors (Lipinski definition) is 5. The molecule has 0 aliphatic rings. The molecule has 0 radical (unpaired) electrons. The van der Waals surface area contributed by atoms with Gasteiger partial charge >= 0.3 is 0 Å². The van der Waals surface area contributed by atoms with E-state index >= 15 is 0 Å². The van der Waals surface area contributed by atoms with Crippen LogP contribution >= 0.6 is 11.8 Å². The van der Waals surface area contributed by atoms with Gasteiger partial charge in [0.05, 0.1) is 6.10 Å². The first-order valence-electron chi connectivity index (χ1n) is 4.93. The zero-order chi connectivity index (χ0) is 11.3. The lowest BCUT2D eigenvalue weighted by Crippen LogP contribution is -2.15. The van der Waals surface area contributed by atoms with Crippen LogP contribution in [0.15, 0.2) is 17.6 Å². The van der Waals surface area contributed by atoms with E-state index in [4.69, 9.17) is 0 Å². The van der Waals surface area contributed by atoms with Crippen LogP contribution in [-0.2, 0) is 6.54 Å². The van der Waals surface area contributed by atoms with Crippen molar-refractivity contribution in [3.05, 3.63) is 18.0 Å². The molecule has 0 bridgehead atoms. The molecule has 0 spiro atoms. The van der Waals surface area contributed by atoms with E-state index in [2.05, 4.69) is 15.3 Å². The molecule has 0 saturated heterocycles. The van der Waals surface area contributed by atoms with E-state index in [1.807, 2.05) is 14.0 Å². The molecule has 1 aromatic heterocycles. The van der Waals surface area contributed by atoms with E-state index in [9.17, 15) is 5.11 Å². The number of thioether (sulfide) groups is 1. The van der Waals surface area contributed by atoms with Gasteiger partial charge in [-0.25, -0.2) is 9.97 Å². The summed E-state index contributed by atoms with van der Waals surface area (Å²) in [6.07, 6.45) is 3.26. The van der Waals surface area contributed by atoms with Gasteiger partial charge in [-0.2, -0.15) is 0 Å². The molecule has 5 heteroatoms. The fraction of sp³-hybridized carbons (Fsp3) is 0.600. The number of rotatable bonds is 5. The third kappa shape index (κ3) is 4.15. The van der Waals surface area contributed by atoms with Gasteiger partial charge in [0.15, 0.2) is 5.16 Å². The van der Waals surface area contributed by atoms with E-state index in [-0.39, 0.29) is 11.4 Å². The van der Waals surface area contributed by atoms with Gasteiger partial charge in [0, 0.05) is 29.8 Å². The molecule has 84 valence electrons. The Bertz CT molecular complexity index is 289. The normalized spacial score (nSPS) is 14.9. The van der Waals surface area contributed by atoms with Gasteiger partial charge in [-0.1, -0.05) is 18.7 Å². The average Bonchev–Trinajstić information content (AvgIpc) is 2.21. The number of aliphatic hydroxyl groups excluding tert-OH is 1. The van der Waals surface area contributed by atoms with Crippen LogP contribution in [0.5, 0.6) is 0 Å². The van der Waals surface area contributed by atoms with Gasteiger partial charge in [-0.15, -0.1) is 0 Å². The maximum absolute atomic E-state index is 9.33. The van der Waals surface area contributed by atoms with Crippen LogP contribution in [-0.4, -0.2) is 33.5 Å². The van der Waals surface area contributed by atoms with Crippen LogP contribution in [0.4, 0.5) is 0 Å². The van der Waals surface area contributed by atoms with E-state index < -0.39 is 0 Å². The monoisotopic (exact) mass is 227 g/mol. The maximum Gasteiger partial charge on any atom is 0.187 e. The molecule has 0 aliphatic heterocycles. The number of aliphatic hydroxyl groups is 1. The highest BCUT2D eigenvalue weighted by Crippen LogP contribution is 2.20. The van der Waals surface area contributed by atoms with Crippen LogP contribution in [0.1, 0.15) is 19.4 Å². The molecular weight excluding hydrogens is 210 g/mol. The van der Waals surface area contributed by atoms with Gasteiger partial charge in [-0.3, -0.25) is 0 Å². The topological polar surface area (TPSA) is 58.0 Å². The van der Waals surface area contributed by atoms with Gasteiger partial charge in [0.25, 0.3) is 0 Å². The summed E-state index contributed by atoms with van der Waals surface area (Å²) in [5, 5.41) is 13.2. The molecule has 0 aromatic carbocycles. The fourth-order valence-electron chi connectivity index (χ4n) is 0.964. The smallest absolute Gasteiger partial charge is 0.187 e. The predicted octanol–water partition coefficient (Wildman–Crippen LogP) is 1.06. The van der Waals surface area contributed by atoms with Crippen LogP contribution < -0.4 is 5.32 Å². The van der Waals surface area contributed by atoms with Crippen molar-refractivity contribution in [2.75, 3.05) is 7.05 Å². The molecule has 2 atom stereocenters. The summed E-state index contributed by atoms with van der Waals surface area (Å²) >= 11 is 1.49. The number of nitrogens with one attached hydrogen (secondary N) is 1. The average molecular weight is 227 g/mol. The first-order chi connectivity index (χ1) is 7.13. The molecule has 15 heavy (non-hydrogen) atoms. The highest BCUT2D eigenvalue weighted by molar-refractivity contribution is 7.99. The van der Waals surface area contributed by atoms with Crippen LogP contribution in [0.25, 0.3) is 0 Å². The van der Waals surface area contributed by atoms with E-state index in [0.29, 0.717) is 5.16 Å². The van der Waals surface area contributed by atoms with Gasteiger partial charge in [0.1, 0.15) is 0 Å². The predicted molar refractivity (Wildman–Crippen MR) is 61.8 cm³/mol. The number of nitrogens with zero attached hydrogens (tertiary/aromatic N) is 2. The SMILES string of the molecule is CNCc1cnc(SC(C)C(C)O)nc1. The Balaban J connectivity index is 2.56. The molecular formula is C10H17N3OS. The lowest BCUT2D eigenvalue weighted by Gasteiger charge is -2.12. The summed E-state index contributed by atoms with van der Waals surface area (Å²) in [7, 11) is 1.89. The summed E-state index contributed by atoms with van der Waals surface area (Å²) in [4.78, 5) is 8.44. The highest BCUT2D eigenvalue weighted by Gasteiger charge is 2.11. The van der Waals surface area contributed by atoms with E-state index in [1.165, 1.54) is 11.8 Å².